The van der Waals surface area contributed by atoms with Crippen LogP contribution in [0.25, 0.3) is 6.08 Å². The Kier molecular flexibility index (Phi) is 5.08. The molecule has 2 rings (SSSR count). The number of methoxy groups -OCH3 is 2. The van der Waals surface area contributed by atoms with Gasteiger partial charge in [0.15, 0.2) is 5.78 Å². The van der Waals surface area contributed by atoms with Gasteiger partial charge < -0.3 is 19.6 Å². The van der Waals surface area contributed by atoms with Crippen LogP contribution in [0.4, 0.5) is 0 Å². The molecule has 0 aliphatic rings. The fourth-order valence-corrected chi connectivity index (χ4v) is 2.51. The highest BCUT2D eigenvalue weighted by molar-refractivity contribution is 6.10. The fourth-order valence-electron chi connectivity index (χ4n) is 2.51. The summed E-state index contributed by atoms with van der Waals surface area (Å²) in [6.07, 6.45) is 3.04. The number of carboxylic acids is 1. The molecular formula is C18H19NO5. The van der Waals surface area contributed by atoms with Gasteiger partial charge in [-0.3, -0.25) is 4.79 Å². The van der Waals surface area contributed by atoms with Gasteiger partial charge >= 0.3 is 5.97 Å². The maximum Gasteiger partial charge on any atom is 0.352 e. The van der Waals surface area contributed by atoms with Crippen molar-refractivity contribution < 1.29 is 24.2 Å². The van der Waals surface area contributed by atoms with Gasteiger partial charge in [0.2, 0.25) is 0 Å². The Morgan fingerprint density at radius 2 is 1.67 bits per heavy atom. The zero-order chi connectivity index (χ0) is 17.9. The van der Waals surface area contributed by atoms with Gasteiger partial charge in [-0.05, 0) is 43.2 Å². The Morgan fingerprint density at radius 1 is 1.08 bits per heavy atom. The Labute approximate surface area is 139 Å². The smallest absolute Gasteiger partial charge is 0.352 e. The lowest BCUT2D eigenvalue weighted by molar-refractivity contribution is 0.0690. The topological polar surface area (TPSA) is 88.6 Å². The molecular weight excluding hydrogens is 310 g/mol. The minimum absolute atomic E-state index is 0.0345. The number of allylic oxidation sites excluding steroid dienone is 1. The Balaban J connectivity index is 2.33. The van der Waals surface area contributed by atoms with Crippen LogP contribution in [0.3, 0.4) is 0 Å². The molecule has 126 valence electrons. The molecule has 0 saturated heterocycles. The normalized spacial score (nSPS) is 10.8. The highest BCUT2D eigenvalue weighted by Crippen LogP contribution is 2.24. The number of aromatic nitrogens is 1. The monoisotopic (exact) mass is 329 g/mol. The van der Waals surface area contributed by atoms with Crippen molar-refractivity contribution in [2.75, 3.05) is 14.2 Å². The first-order valence-electron chi connectivity index (χ1n) is 7.25. The van der Waals surface area contributed by atoms with E-state index < -0.39 is 5.97 Å². The second-order valence-corrected chi connectivity index (χ2v) is 5.27. The number of hydrogen-bond acceptors (Lipinski definition) is 4. The number of H-pyrrole nitrogens is 1. The number of benzene rings is 1. The van der Waals surface area contributed by atoms with E-state index in [2.05, 4.69) is 4.98 Å². The first-order valence-corrected chi connectivity index (χ1v) is 7.25. The van der Waals surface area contributed by atoms with E-state index in [0.29, 0.717) is 28.3 Å². The third-order valence-corrected chi connectivity index (χ3v) is 3.70. The second kappa shape index (κ2) is 7.04. The lowest BCUT2D eigenvalue weighted by Gasteiger charge is -2.05. The Hall–Kier alpha value is -3.02. The van der Waals surface area contributed by atoms with E-state index in [1.54, 1.807) is 52.3 Å². The molecule has 0 radical (unpaired) electrons. The average molecular weight is 329 g/mol. The number of carbonyl (C=O) groups excluding carboxylic acids is 1. The molecule has 1 heterocycles. The van der Waals surface area contributed by atoms with E-state index in [1.807, 2.05) is 0 Å². The lowest BCUT2D eigenvalue weighted by atomic mass is 10.0. The summed E-state index contributed by atoms with van der Waals surface area (Å²) in [4.78, 5) is 26.3. The minimum Gasteiger partial charge on any atom is -0.497 e. The number of carbonyl (C=O) groups is 2. The van der Waals surface area contributed by atoms with Crippen LogP contribution in [0, 0.1) is 13.8 Å². The fraction of sp³-hybridized carbons (Fsp3) is 0.222. The van der Waals surface area contributed by atoms with Crippen LogP contribution in [0.15, 0.2) is 24.3 Å². The predicted molar refractivity (Wildman–Crippen MR) is 90.1 cm³/mol. The van der Waals surface area contributed by atoms with E-state index in [-0.39, 0.29) is 11.5 Å². The van der Waals surface area contributed by atoms with Gasteiger partial charge in [-0.25, -0.2) is 4.79 Å². The number of ketones is 1. The molecule has 0 aliphatic heterocycles. The van der Waals surface area contributed by atoms with Crippen molar-refractivity contribution in [1.29, 1.82) is 0 Å². The van der Waals surface area contributed by atoms with E-state index in [1.165, 1.54) is 6.08 Å². The molecule has 0 atom stereocenters. The van der Waals surface area contributed by atoms with Crippen molar-refractivity contribution in [2.45, 2.75) is 13.8 Å². The summed E-state index contributed by atoms with van der Waals surface area (Å²) in [5.41, 5.74) is 2.11. The van der Waals surface area contributed by atoms with E-state index >= 15 is 0 Å². The van der Waals surface area contributed by atoms with Crippen LogP contribution in [0.5, 0.6) is 11.5 Å². The third-order valence-electron chi connectivity index (χ3n) is 3.70. The molecule has 0 fully saturated rings. The summed E-state index contributed by atoms with van der Waals surface area (Å²) in [6.45, 7) is 3.29. The number of carboxylic acid groups (broad SMARTS) is 1. The van der Waals surface area contributed by atoms with Gasteiger partial charge in [0.1, 0.15) is 17.2 Å². The van der Waals surface area contributed by atoms with Gasteiger partial charge in [0.05, 0.1) is 14.2 Å². The summed E-state index contributed by atoms with van der Waals surface area (Å²) in [5, 5.41) is 9.12. The highest BCUT2D eigenvalue weighted by Gasteiger charge is 2.19. The molecule has 0 unspecified atom stereocenters. The molecule has 1 aromatic heterocycles. The first kappa shape index (κ1) is 17.3. The summed E-state index contributed by atoms with van der Waals surface area (Å²) < 4.78 is 10.4. The second-order valence-electron chi connectivity index (χ2n) is 5.27. The molecule has 2 aromatic rings. The van der Waals surface area contributed by atoms with Crippen molar-refractivity contribution >= 4 is 17.8 Å². The maximum atomic E-state index is 12.4. The zero-order valence-electron chi connectivity index (χ0n) is 14.0. The number of aromatic amines is 1. The molecule has 0 bridgehead atoms. The van der Waals surface area contributed by atoms with Gasteiger partial charge in [0, 0.05) is 17.3 Å². The standard InChI is InChI=1S/C18H19NO5/c1-10-16(11(2)19-17(10)18(21)22)15(20)6-5-12-7-13(23-3)9-14(8-12)24-4/h5-9,19H,1-4H3,(H,21,22)/b6-5+. The molecule has 0 spiro atoms. The minimum atomic E-state index is -1.09. The van der Waals surface area contributed by atoms with Gasteiger partial charge in [-0.2, -0.15) is 0 Å². The Bertz CT molecular complexity index is 795. The number of aromatic carboxylic acids is 1. The molecule has 2 N–H and O–H groups in total. The van der Waals surface area contributed by atoms with Crippen LogP contribution in [-0.4, -0.2) is 36.1 Å². The predicted octanol–water partition coefficient (Wildman–Crippen LogP) is 3.24. The lowest BCUT2D eigenvalue weighted by Crippen LogP contribution is -2.01. The van der Waals surface area contributed by atoms with E-state index in [0.717, 1.165) is 5.56 Å². The molecule has 6 nitrogen and oxygen atoms in total. The van der Waals surface area contributed by atoms with E-state index in [4.69, 9.17) is 14.6 Å². The molecule has 1 aromatic carbocycles. The number of nitrogens with one attached hydrogen (secondary N) is 1. The van der Waals surface area contributed by atoms with Gasteiger partial charge in [-0.15, -0.1) is 0 Å². The first-order chi connectivity index (χ1) is 11.4. The SMILES string of the molecule is COc1cc(/C=C/C(=O)c2c(C)[nH]c(C(=O)O)c2C)cc(OC)c1. The number of rotatable bonds is 6. The van der Waals surface area contributed by atoms with Crippen molar-refractivity contribution in [1.82, 2.24) is 4.98 Å². The molecule has 0 saturated carbocycles. The van der Waals surface area contributed by atoms with Gasteiger partial charge in [-0.1, -0.05) is 6.08 Å². The quantitative estimate of drug-likeness (QED) is 0.627. The van der Waals surface area contributed by atoms with E-state index in [9.17, 15) is 9.59 Å². The number of ether oxygens (including phenoxy) is 2. The maximum absolute atomic E-state index is 12.4. The Morgan fingerprint density at radius 3 is 2.12 bits per heavy atom. The van der Waals surface area contributed by atoms with Crippen LogP contribution < -0.4 is 9.47 Å². The number of hydrogen-bond donors (Lipinski definition) is 2. The van der Waals surface area contributed by atoms with Crippen molar-refractivity contribution in [2.24, 2.45) is 0 Å². The largest absolute Gasteiger partial charge is 0.497 e. The van der Waals surface area contributed by atoms with Crippen molar-refractivity contribution in [3.8, 4) is 11.5 Å². The summed E-state index contributed by atoms with van der Waals surface area (Å²) in [5.74, 6) is -0.126. The summed E-state index contributed by atoms with van der Waals surface area (Å²) >= 11 is 0. The zero-order valence-corrected chi connectivity index (χ0v) is 14.0. The van der Waals surface area contributed by atoms with Crippen molar-refractivity contribution in [3.05, 3.63) is 52.4 Å². The third kappa shape index (κ3) is 3.48. The van der Waals surface area contributed by atoms with Crippen LogP contribution in [0.2, 0.25) is 0 Å². The molecule has 0 aliphatic carbocycles. The van der Waals surface area contributed by atoms with Crippen molar-refractivity contribution in [3.63, 3.8) is 0 Å². The van der Waals surface area contributed by atoms with Crippen LogP contribution >= 0.6 is 0 Å². The van der Waals surface area contributed by atoms with Gasteiger partial charge in [0.25, 0.3) is 0 Å². The number of aryl methyl sites for hydroxylation is 1. The highest BCUT2D eigenvalue weighted by atomic mass is 16.5. The van der Waals surface area contributed by atoms with Crippen LogP contribution in [-0.2, 0) is 0 Å². The average Bonchev–Trinajstić information content (AvgIpc) is 2.87. The molecule has 24 heavy (non-hydrogen) atoms. The molecule has 0 amide bonds. The van der Waals surface area contributed by atoms with Crippen LogP contribution in [0.1, 0.15) is 37.7 Å². The summed E-state index contributed by atoms with van der Waals surface area (Å²) in [7, 11) is 3.10. The molecule has 6 heteroatoms. The summed E-state index contributed by atoms with van der Waals surface area (Å²) in [6, 6.07) is 5.27.